The van der Waals surface area contributed by atoms with Gasteiger partial charge in [-0.3, -0.25) is 4.68 Å². The van der Waals surface area contributed by atoms with Crippen molar-refractivity contribution in [1.82, 2.24) is 25.0 Å². The molecule has 3 aromatic rings. The number of pyridine rings is 1. The van der Waals surface area contributed by atoms with Gasteiger partial charge in [0, 0.05) is 74.5 Å². The van der Waals surface area contributed by atoms with Crippen LogP contribution in [-0.4, -0.2) is 66.2 Å². The van der Waals surface area contributed by atoms with Gasteiger partial charge in [0.05, 0.1) is 19.7 Å². The van der Waals surface area contributed by atoms with Crippen LogP contribution in [0.1, 0.15) is 54.1 Å². The molecule has 0 radical (unpaired) electrons. The van der Waals surface area contributed by atoms with E-state index < -0.39 is 6.43 Å². The first-order valence-corrected chi connectivity index (χ1v) is 13.9. The second-order valence-corrected chi connectivity index (χ2v) is 10.5. The summed E-state index contributed by atoms with van der Waals surface area (Å²) in [5, 5.41) is 7.88. The molecule has 0 saturated carbocycles. The third-order valence-electron chi connectivity index (χ3n) is 8.22. The Labute approximate surface area is 232 Å². The number of carbonyl (C=O) groups excluding carboxylic acids is 1. The van der Waals surface area contributed by atoms with Crippen LogP contribution in [0.4, 0.5) is 25.1 Å². The van der Waals surface area contributed by atoms with Gasteiger partial charge in [-0.2, -0.15) is 5.10 Å². The molecule has 9 nitrogen and oxygen atoms in total. The van der Waals surface area contributed by atoms with E-state index in [0.717, 1.165) is 54.0 Å². The van der Waals surface area contributed by atoms with Crippen LogP contribution in [0.25, 0.3) is 11.1 Å². The van der Waals surface area contributed by atoms with Gasteiger partial charge in [0.15, 0.2) is 5.82 Å². The van der Waals surface area contributed by atoms with Crippen molar-refractivity contribution in [3.8, 4) is 17.0 Å². The van der Waals surface area contributed by atoms with Gasteiger partial charge < -0.3 is 24.6 Å². The zero-order valence-corrected chi connectivity index (χ0v) is 22.8. The second kappa shape index (κ2) is 11.0. The Morgan fingerprint density at radius 2 is 2.00 bits per heavy atom. The average Bonchev–Trinajstić information content (AvgIpc) is 3.38. The fourth-order valence-corrected chi connectivity index (χ4v) is 6.20. The molecule has 0 spiro atoms. The number of aryl methyl sites for hydroxylation is 1. The molecule has 0 unspecified atom stereocenters. The van der Waals surface area contributed by atoms with E-state index in [1.54, 1.807) is 36.3 Å². The zero-order valence-electron chi connectivity index (χ0n) is 22.8. The molecule has 1 fully saturated rings. The molecular formula is C29H34F2N6O3. The van der Waals surface area contributed by atoms with Gasteiger partial charge in [-0.05, 0) is 60.6 Å². The highest BCUT2D eigenvalue weighted by Gasteiger charge is 2.34. The minimum Gasteiger partial charge on any atom is -0.481 e. The summed E-state index contributed by atoms with van der Waals surface area (Å²) in [6.07, 6.45) is 2.98. The van der Waals surface area contributed by atoms with Crippen molar-refractivity contribution < 1.29 is 23.0 Å². The topological polar surface area (TPSA) is 84.8 Å². The number of nitrogens with one attached hydrogen (secondary N) is 1. The van der Waals surface area contributed by atoms with Gasteiger partial charge >= 0.3 is 6.03 Å². The fraction of sp³-hybridized carbons (Fsp3) is 0.483. The van der Waals surface area contributed by atoms with E-state index in [1.165, 1.54) is 7.11 Å². The van der Waals surface area contributed by atoms with Crippen LogP contribution in [0.3, 0.4) is 0 Å². The van der Waals surface area contributed by atoms with Crippen LogP contribution in [0.2, 0.25) is 0 Å². The van der Waals surface area contributed by atoms with E-state index >= 15 is 0 Å². The first kappa shape index (κ1) is 26.5. The molecule has 212 valence electrons. The normalized spacial score (nSPS) is 17.5. The van der Waals surface area contributed by atoms with E-state index in [1.807, 2.05) is 6.07 Å². The molecule has 1 aromatic carbocycles. The summed E-state index contributed by atoms with van der Waals surface area (Å²) < 4.78 is 42.1. The molecule has 2 aromatic heterocycles. The molecule has 1 saturated heterocycles. The Bertz CT molecular complexity index is 1400. The number of ether oxygens (including phenoxy) is 2. The molecule has 1 N–H and O–H groups in total. The fourth-order valence-electron chi connectivity index (χ4n) is 6.20. The number of benzene rings is 1. The number of hydrogen-bond donors (Lipinski definition) is 1. The van der Waals surface area contributed by atoms with Crippen LogP contribution >= 0.6 is 0 Å². The minimum absolute atomic E-state index is 0.0383. The van der Waals surface area contributed by atoms with E-state index in [9.17, 15) is 13.6 Å². The molecular weight excluding hydrogens is 518 g/mol. The zero-order chi connectivity index (χ0) is 27.8. The van der Waals surface area contributed by atoms with Crippen LogP contribution in [0, 0.1) is 0 Å². The number of nitrogens with zero attached hydrogens (tertiary/aromatic N) is 5. The first-order valence-electron chi connectivity index (χ1n) is 13.9. The largest absolute Gasteiger partial charge is 0.481 e. The number of rotatable bonds is 5. The van der Waals surface area contributed by atoms with E-state index in [0.29, 0.717) is 56.3 Å². The highest BCUT2D eigenvalue weighted by atomic mass is 19.3. The van der Waals surface area contributed by atoms with Crippen molar-refractivity contribution >= 4 is 17.5 Å². The van der Waals surface area contributed by atoms with Crippen LogP contribution in [0.15, 0.2) is 30.5 Å². The van der Waals surface area contributed by atoms with Gasteiger partial charge in [0.25, 0.3) is 6.43 Å². The third kappa shape index (κ3) is 4.76. The Morgan fingerprint density at radius 3 is 2.75 bits per heavy atom. The highest BCUT2D eigenvalue weighted by Crippen LogP contribution is 2.43. The number of alkyl halides is 2. The second-order valence-electron chi connectivity index (χ2n) is 10.5. The first-order chi connectivity index (χ1) is 19.5. The van der Waals surface area contributed by atoms with Crippen molar-refractivity contribution in [2.45, 2.75) is 51.1 Å². The maximum Gasteiger partial charge on any atom is 0.317 e. The Hall–Kier alpha value is -3.73. The van der Waals surface area contributed by atoms with Crippen molar-refractivity contribution in [2.24, 2.45) is 0 Å². The number of hydrogen-bond acceptors (Lipinski definition) is 6. The Kier molecular flexibility index (Phi) is 7.31. The summed E-state index contributed by atoms with van der Waals surface area (Å²) in [5.74, 6) is 1.14. The molecule has 40 heavy (non-hydrogen) atoms. The third-order valence-corrected chi connectivity index (χ3v) is 8.22. The molecule has 0 bridgehead atoms. The molecule has 2 amide bonds. The van der Waals surface area contributed by atoms with E-state index in [-0.39, 0.29) is 17.6 Å². The summed E-state index contributed by atoms with van der Waals surface area (Å²) in [5.41, 5.74) is 4.96. The standard InChI is InChI=1S/C29H34F2N6O3/c1-32-29(38)35-11-6-24-23(17-35)28(34-37(24)20-7-12-40-13-8-20)36-10-3-4-19-14-21(22(27(30)31)16-25(19)36)18-5-9-33-26(15-18)39-2/h5,9,14-16,20,27H,3-4,6-8,10-13,17H2,1-2H3,(H,32,38). The molecule has 6 rings (SSSR count). The Morgan fingerprint density at radius 1 is 1.18 bits per heavy atom. The number of amides is 2. The van der Waals surface area contributed by atoms with Gasteiger partial charge in [-0.25, -0.2) is 18.6 Å². The Balaban J connectivity index is 1.46. The predicted molar refractivity (Wildman–Crippen MR) is 146 cm³/mol. The smallest absolute Gasteiger partial charge is 0.317 e. The summed E-state index contributed by atoms with van der Waals surface area (Å²) in [6.45, 7) is 3.06. The van der Waals surface area contributed by atoms with Crippen LogP contribution < -0.4 is 15.0 Å². The van der Waals surface area contributed by atoms with E-state index in [4.69, 9.17) is 14.6 Å². The number of carbonyl (C=O) groups is 1. The van der Waals surface area contributed by atoms with Crippen molar-refractivity contribution in [3.05, 3.63) is 52.8 Å². The highest BCUT2D eigenvalue weighted by molar-refractivity contribution is 5.78. The minimum atomic E-state index is -2.67. The lowest BCUT2D eigenvalue weighted by Crippen LogP contribution is -2.42. The average molecular weight is 553 g/mol. The lowest BCUT2D eigenvalue weighted by Gasteiger charge is -2.33. The molecule has 0 atom stereocenters. The number of urea groups is 1. The summed E-state index contributed by atoms with van der Waals surface area (Å²) in [4.78, 5) is 20.6. The molecule has 11 heteroatoms. The van der Waals surface area contributed by atoms with Gasteiger partial charge in [0.2, 0.25) is 5.88 Å². The summed E-state index contributed by atoms with van der Waals surface area (Å²) >= 11 is 0. The van der Waals surface area contributed by atoms with Gasteiger partial charge in [-0.15, -0.1) is 0 Å². The number of methoxy groups -OCH3 is 1. The lowest BCUT2D eigenvalue weighted by molar-refractivity contribution is 0.0651. The van der Waals surface area contributed by atoms with Gasteiger partial charge in [-0.1, -0.05) is 0 Å². The maximum absolute atomic E-state index is 14.5. The maximum atomic E-state index is 14.5. The van der Waals surface area contributed by atoms with E-state index in [2.05, 4.69) is 19.9 Å². The summed E-state index contributed by atoms with van der Waals surface area (Å²) in [7, 11) is 3.14. The number of anilines is 2. The SMILES string of the molecule is CNC(=O)N1CCc2c(c(N3CCCc4cc(-c5ccnc(OC)c5)c(C(F)F)cc43)nn2C2CCOCC2)C1. The molecule has 5 heterocycles. The molecule has 0 aliphatic carbocycles. The quantitative estimate of drug-likeness (QED) is 0.478. The molecule has 3 aliphatic rings. The summed E-state index contributed by atoms with van der Waals surface area (Å²) in [6, 6.07) is 7.01. The number of halogens is 2. The predicted octanol–water partition coefficient (Wildman–Crippen LogP) is 5.02. The monoisotopic (exact) mass is 552 g/mol. The lowest BCUT2D eigenvalue weighted by atomic mass is 9.92. The van der Waals surface area contributed by atoms with Gasteiger partial charge in [0.1, 0.15) is 0 Å². The number of fused-ring (bicyclic) bond motifs is 2. The van der Waals surface area contributed by atoms with Crippen LogP contribution in [0.5, 0.6) is 5.88 Å². The van der Waals surface area contributed by atoms with Crippen LogP contribution in [-0.2, 0) is 24.1 Å². The van der Waals surface area contributed by atoms with Crippen molar-refractivity contribution in [3.63, 3.8) is 0 Å². The van der Waals surface area contributed by atoms with Crippen molar-refractivity contribution in [2.75, 3.05) is 45.4 Å². The molecule has 3 aliphatic heterocycles. The van der Waals surface area contributed by atoms with Crippen molar-refractivity contribution in [1.29, 1.82) is 0 Å². The number of aromatic nitrogens is 3.